The van der Waals surface area contributed by atoms with Gasteiger partial charge in [-0.25, -0.2) is 9.97 Å². The molecule has 2 heterocycles. The number of nitrogens with one attached hydrogen (secondary N) is 1. The summed E-state index contributed by atoms with van der Waals surface area (Å²) in [5.41, 5.74) is 6.07. The van der Waals surface area contributed by atoms with Gasteiger partial charge in [0.15, 0.2) is 0 Å². The number of nitrogens with zero attached hydrogens (tertiary/aromatic N) is 3. The molecule has 1 aliphatic heterocycles. The van der Waals surface area contributed by atoms with E-state index in [-0.39, 0.29) is 0 Å². The molecule has 22 heavy (non-hydrogen) atoms. The molecular weight excluding hydrogens is 272 g/mol. The minimum atomic E-state index is 0.566. The molecule has 0 radical (unpaired) electrons. The van der Waals surface area contributed by atoms with Gasteiger partial charge in [-0.2, -0.15) is 0 Å². The third kappa shape index (κ3) is 2.14. The Bertz CT molecular complexity index is 710. The highest BCUT2D eigenvalue weighted by Gasteiger charge is 2.29. The fourth-order valence-corrected chi connectivity index (χ4v) is 3.42. The van der Waals surface area contributed by atoms with Crippen LogP contribution in [-0.2, 0) is 12.8 Å². The van der Waals surface area contributed by atoms with E-state index < -0.39 is 0 Å². The summed E-state index contributed by atoms with van der Waals surface area (Å²) < 4.78 is 0. The molecule has 1 N–H and O–H groups in total. The first-order valence-electron chi connectivity index (χ1n) is 8.21. The monoisotopic (exact) mass is 294 g/mol. The van der Waals surface area contributed by atoms with E-state index in [0.717, 1.165) is 36.7 Å². The molecule has 1 fully saturated rings. The minimum Gasteiger partial charge on any atom is -0.388 e. The lowest BCUT2D eigenvalue weighted by Gasteiger charge is -2.39. The van der Waals surface area contributed by atoms with E-state index in [1.54, 1.807) is 0 Å². The standard InChI is InChI=1S/C18H22N4/c1-12-9-10-22(12)18-20-16-8-4-7-15(16)17(21-18)13-5-3-6-14(11-13)19-2/h3,5-6,11-12,19H,4,7-10H2,1-2H3. The molecule has 2 aromatic rings. The van der Waals surface area contributed by atoms with Crippen LogP contribution in [0.3, 0.4) is 0 Å². The van der Waals surface area contributed by atoms with Gasteiger partial charge in [0.05, 0.1) is 5.69 Å². The number of fused-ring (bicyclic) bond motifs is 1. The van der Waals surface area contributed by atoms with Gasteiger partial charge in [0.1, 0.15) is 0 Å². The zero-order valence-corrected chi connectivity index (χ0v) is 13.3. The summed E-state index contributed by atoms with van der Waals surface area (Å²) in [6, 6.07) is 9.09. The molecule has 4 nitrogen and oxygen atoms in total. The van der Waals surface area contributed by atoms with Crippen molar-refractivity contribution in [2.24, 2.45) is 0 Å². The molecule has 1 aliphatic carbocycles. The van der Waals surface area contributed by atoms with Crippen molar-refractivity contribution in [1.82, 2.24) is 9.97 Å². The molecular formula is C18H22N4. The first-order chi connectivity index (χ1) is 10.8. The molecule has 0 saturated carbocycles. The smallest absolute Gasteiger partial charge is 0.226 e. The summed E-state index contributed by atoms with van der Waals surface area (Å²) in [6.07, 6.45) is 4.63. The van der Waals surface area contributed by atoms with Gasteiger partial charge < -0.3 is 10.2 Å². The average molecular weight is 294 g/mol. The Morgan fingerprint density at radius 1 is 1.23 bits per heavy atom. The van der Waals surface area contributed by atoms with E-state index >= 15 is 0 Å². The van der Waals surface area contributed by atoms with E-state index in [1.807, 2.05) is 7.05 Å². The summed E-state index contributed by atoms with van der Waals surface area (Å²) in [7, 11) is 1.96. The highest BCUT2D eigenvalue weighted by Crippen LogP contribution is 2.34. The van der Waals surface area contributed by atoms with Crippen LogP contribution < -0.4 is 10.2 Å². The van der Waals surface area contributed by atoms with Crippen LogP contribution in [0.1, 0.15) is 31.0 Å². The second kappa shape index (κ2) is 5.27. The molecule has 0 spiro atoms. The van der Waals surface area contributed by atoms with Crippen LogP contribution in [-0.4, -0.2) is 29.6 Å². The maximum atomic E-state index is 4.95. The Morgan fingerprint density at radius 3 is 2.86 bits per heavy atom. The SMILES string of the molecule is CNc1cccc(-c2nc(N3CCC3C)nc3c2CCC3)c1. The van der Waals surface area contributed by atoms with Crippen LogP contribution in [0.5, 0.6) is 0 Å². The second-order valence-corrected chi connectivity index (χ2v) is 6.31. The lowest BCUT2D eigenvalue weighted by Crippen LogP contribution is -2.46. The minimum absolute atomic E-state index is 0.566. The molecule has 114 valence electrons. The number of benzene rings is 1. The van der Waals surface area contributed by atoms with Crippen LogP contribution in [0.4, 0.5) is 11.6 Å². The third-order valence-corrected chi connectivity index (χ3v) is 4.92. The Hall–Kier alpha value is -2.10. The van der Waals surface area contributed by atoms with Gasteiger partial charge in [-0.15, -0.1) is 0 Å². The van der Waals surface area contributed by atoms with Crippen molar-refractivity contribution in [1.29, 1.82) is 0 Å². The van der Waals surface area contributed by atoms with Gasteiger partial charge in [-0.3, -0.25) is 0 Å². The maximum Gasteiger partial charge on any atom is 0.226 e. The first kappa shape index (κ1) is 13.6. The first-order valence-corrected chi connectivity index (χ1v) is 8.21. The summed E-state index contributed by atoms with van der Waals surface area (Å²) in [5, 5.41) is 3.22. The molecule has 0 bridgehead atoms. The van der Waals surface area contributed by atoms with Crippen molar-refractivity contribution in [2.75, 3.05) is 23.8 Å². The van der Waals surface area contributed by atoms with E-state index in [9.17, 15) is 0 Å². The highest BCUT2D eigenvalue weighted by molar-refractivity contribution is 5.70. The number of hydrogen-bond donors (Lipinski definition) is 1. The van der Waals surface area contributed by atoms with Crippen molar-refractivity contribution in [3.8, 4) is 11.3 Å². The second-order valence-electron chi connectivity index (χ2n) is 6.31. The van der Waals surface area contributed by atoms with Gasteiger partial charge in [0.2, 0.25) is 5.95 Å². The Kier molecular flexibility index (Phi) is 3.25. The zero-order valence-electron chi connectivity index (χ0n) is 13.3. The van der Waals surface area contributed by atoms with Crippen molar-refractivity contribution in [2.45, 2.75) is 38.6 Å². The molecule has 4 rings (SSSR count). The third-order valence-electron chi connectivity index (χ3n) is 4.92. The molecule has 1 aromatic carbocycles. The van der Waals surface area contributed by atoms with Crippen molar-refractivity contribution in [3.63, 3.8) is 0 Å². The van der Waals surface area contributed by atoms with Crippen LogP contribution >= 0.6 is 0 Å². The van der Waals surface area contributed by atoms with Crippen molar-refractivity contribution < 1.29 is 0 Å². The molecule has 4 heteroatoms. The van der Waals surface area contributed by atoms with Gasteiger partial charge >= 0.3 is 0 Å². The Balaban J connectivity index is 1.83. The lowest BCUT2D eigenvalue weighted by molar-refractivity contribution is 0.470. The van der Waals surface area contributed by atoms with E-state index in [0.29, 0.717) is 6.04 Å². The fraction of sp³-hybridized carbons (Fsp3) is 0.444. The normalized spacial score (nSPS) is 19.7. The zero-order chi connectivity index (χ0) is 15.1. The van der Waals surface area contributed by atoms with Gasteiger partial charge in [0, 0.05) is 42.1 Å². The Labute approximate surface area is 131 Å². The summed E-state index contributed by atoms with van der Waals surface area (Å²) in [4.78, 5) is 12.1. The fourth-order valence-electron chi connectivity index (χ4n) is 3.42. The largest absolute Gasteiger partial charge is 0.388 e. The number of aromatic nitrogens is 2. The molecule has 1 saturated heterocycles. The van der Waals surface area contributed by atoms with Crippen molar-refractivity contribution >= 4 is 11.6 Å². The predicted octanol–water partition coefficient (Wildman–Crippen LogP) is 3.27. The summed E-state index contributed by atoms with van der Waals surface area (Å²) >= 11 is 0. The van der Waals surface area contributed by atoms with E-state index in [2.05, 4.69) is 41.4 Å². The van der Waals surface area contributed by atoms with Crippen LogP contribution in [0, 0.1) is 0 Å². The number of aryl methyl sites for hydroxylation is 1. The molecule has 0 amide bonds. The molecule has 2 aliphatic rings. The topological polar surface area (TPSA) is 41.1 Å². The molecule has 1 unspecified atom stereocenters. The maximum absolute atomic E-state index is 4.95. The predicted molar refractivity (Wildman–Crippen MR) is 90.5 cm³/mol. The number of rotatable bonds is 3. The van der Waals surface area contributed by atoms with Crippen LogP contribution in [0.2, 0.25) is 0 Å². The average Bonchev–Trinajstić information content (AvgIpc) is 3.01. The molecule has 1 atom stereocenters. The summed E-state index contributed by atoms with van der Waals surface area (Å²) in [6.45, 7) is 3.33. The van der Waals surface area contributed by atoms with Crippen molar-refractivity contribution in [3.05, 3.63) is 35.5 Å². The number of hydrogen-bond acceptors (Lipinski definition) is 4. The van der Waals surface area contributed by atoms with Gasteiger partial charge in [-0.1, -0.05) is 12.1 Å². The lowest BCUT2D eigenvalue weighted by atomic mass is 10.0. The summed E-state index contributed by atoms with van der Waals surface area (Å²) in [5.74, 6) is 0.921. The van der Waals surface area contributed by atoms with Gasteiger partial charge in [-0.05, 0) is 44.7 Å². The number of anilines is 2. The van der Waals surface area contributed by atoms with Gasteiger partial charge in [0.25, 0.3) is 0 Å². The highest BCUT2D eigenvalue weighted by atomic mass is 15.3. The quantitative estimate of drug-likeness (QED) is 0.943. The Morgan fingerprint density at radius 2 is 2.14 bits per heavy atom. The van der Waals surface area contributed by atoms with E-state index in [1.165, 1.54) is 29.7 Å². The molecule has 1 aromatic heterocycles. The van der Waals surface area contributed by atoms with Crippen LogP contribution in [0.15, 0.2) is 24.3 Å². The van der Waals surface area contributed by atoms with Crippen LogP contribution in [0.25, 0.3) is 11.3 Å². The van der Waals surface area contributed by atoms with E-state index in [4.69, 9.17) is 9.97 Å².